The zero-order chi connectivity index (χ0) is 11.1. The number of carbonyl (C=O) groups is 1. The van der Waals surface area contributed by atoms with Gasteiger partial charge in [-0.25, -0.2) is 0 Å². The lowest BCUT2D eigenvalue weighted by atomic mass is 10.3. The number of hydrogen-bond acceptors (Lipinski definition) is 5. The Labute approximate surface area is 93.9 Å². The predicted molar refractivity (Wildman–Crippen MR) is 60.0 cm³/mol. The Kier molecular flexibility index (Phi) is 6.00. The molecule has 88 valence electrons. The zero-order valence-electron chi connectivity index (χ0n) is 8.86. The van der Waals surface area contributed by atoms with E-state index in [1.807, 2.05) is 0 Å². The van der Waals surface area contributed by atoms with Crippen LogP contribution in [0.5, 0.6) is 0 Å². The van der Waals surface area contributed by atoms with E-state index in [1.54, 1.807) is 11.8 Å². The molecule has 2 atom stereocenters. The molecule has 0 radical (unpaired) electrons. The molecule has 1 aliphatic heterocycles. The minimum atomic E-state index is -0.629. The monoisotopic (exact) mass is 234 g/mol. The Bertz CT molecular complexity index is 198. The summed E-state index contributed by atoms with van der Waals surface area (Å²) in [6.07, 6.45) is -0.629. The number of nitrogens with one attached hydrogen (secondary N) is 2. The molecule has 0 aliphatic carbocycles. The van der Waals surface area contributed by atoms with Gasteiger partial charge in [-0.15, -0.1) is 0 Å². The lowest BCUT2D eigenvalue weighted by molar-refractivity contribution is -0.123. The summed E-state index contributed by atoms with van der Waals surface area (Å²) in [5.74, 6) is 1.81. The van der Waals surface area contributed by atoms with E-state index in [0.29, 0.717) is 0 Å². The number of aliphatic hydroxyl groups is 1. The van der Waals surface area contributed by atoms with Gasteiger partial charge in [0.05, 0.1) is 18.8 Å². The van der Waals surface area contributed by atoms with Gasteiger partial charge in [0, 0.05) is 31.7 Å². The van der Waals surface area contributed by atoms with E-state index in [-0.39, 0.29) is 25.1 Å². The molecule has 3 N–H and O–H groups in total. The van der Waals surface area contributed by atoms with Gasteiger partial charge in [0.2, 0.25) is 5.91 Å². The van der Waals surface area contributed by atoms with Gasteiger partial charge in [0.15, 0.2) is 0 Å². The molecule has 1 rings (SSSR count). The van der Waals surface area contributed by atoms with E-state index < -0.39 is 6.10 Å². The maximum atomic E-state index is 11.6. The highest BCUT2D eigenvalue weighted by Gasteiger charge is 2.20. The van der Waals surface area contributed by atoms with E-state index in [1.165, 1.54) is 7.11 Å². The van der Waals surface area contributed by atoms with E-state index in [9.17, 15) is 9.90 Å². The molecule has 1 amide bonds. The summed E-state index contributed by atoms with van der Waals surface area (Å²) >= 11 is 1.77. The zero-order valence-corrected chi connectivity index (χ0v) is 9.68. The van der Waals surface area contributed by atoms with Crippen LogP contribution in [0, 0.1) is 0 Å². The molecule has 15 heavy (non-hydrogen) atoms. The second-order valence-corrected chi connectivity index (χ2v) is 4.59. The standard InChI is InChI=1S/C9H18N2O3S/c1-14-5-7(12)4-11-9(13)8-6-15-3-2-10-8/h7-8,10,12H,2-6H2,1H3,(H,11,13). The first-order chi connectivity index (χ1) is 7.24. The highest BCUT2D eigenvalue weighted by molar-refractivity contribution is 7.99. The normalized spacial score (nSPS) is 23.5. The number of carbonyl (C=O) groups excluding carboxylic acids is 1. The average molecular weight is 234 g/mol. The molecule has 0 aromatic rings. The number of rotatable bonds is 5. The van der Waals surface area contributed by atoms with Crippen molar-refractivity contribution in [1.82, 2.24) is 10.6 Å². The molecule has 0 spiro atoms. The van der Waals surface area contributed by atoms with Crippen LogP contribution in [0.1, 0.15) is 0 Å². The number of ether oxygens (including phenoxy) is 1. The lowest BCUT2D eigenvalue weighted by Crippen LogP contribution is -2.50. The highest BCUT2D eigenvalue weighted by atomic mass is 32.2. The van der Waals surface area contributed by atoms with E-state index >= 15 is 0 Å². The van der Waals surface area contributed by atoms with E-state index in [2.05, 4.69) is 10.6 Å². The van der Waals surface area contributed by atoms with Crippen molar-refractivity contribution in [3.63, 3.8) is 0 Å². The minimum absolute atomic E-state index is 0.0441. The van der Waals surface area contributed by atoms with Gasteiger partial charge in [-0.3, -0.25) is 4.79 Å². The summed E-state index contributed by atoms with van der Waals surface area (Å²) in [7, 11) is 1.52. The van der Waals surface area contributed by atoms with E-state index in [4.69, 9.17) is 4.74 Å². The molecule has 0 aromatic carbocycles. The van der Waals surface area contributed by atoms with Crippen LogP contribution >= 0.6 is 11.8 Å². The minimum Gasteiger partial charge on any atom is -0.389 e. The third kappa shape index (κ3) is 4.83. The van der Waals surface area contributed by atoms with Crippen LogP contribution in [0.4, 0.5) is 0 Å². The van der Waals surface area contributed by atoms with Crippen molar-refractivity contribution in [1.29, 1.82) is 0 Å². The summed E-state index contributed by atoms with van der Waals surface area (Å²) in [6, 6.07) is -0.126. The Morgan fingerprint density at radius 3 is 3.20 bits per heavy atom. The summed E-state index contributed by atoms with van der Waals surface area (Å²) in [5, 5.41) is 15.2. The van der Waals surface area contributed by atoms with Crippen molar-refractivity contribution < 1.29 is 14.6 Å². The Balaban J connectivity index is 2.16. The highest BCUT2D eigenvalue weighted by Crippen LogP contribution is 2.07. The van der Waals surface area contributed by atoms with Crippen LogP contribution < -0.4 is 10.6 Å². The second kappa shape index (κ2) is 7.05. The second-order valence-electron chi connectivity index (χ2n) is 3.44. The Morgan fingerprint density at radius 2 is 2.60 bits per heavy atom. The third-order valence-electron chi connectivity index (χ3n) is 2.11. The fraction of sp³-hybridized carbons (Fsp3) is 0.889. The average Bonchev–Trinajstić information content (AvgIpc) is 2.27. The van der Waals surface area contributed by atoms with Gasteiger partial charge >= 0.3 is 0 Å². The van der Waals surface area contributed by atoms with Crippen LogP contribution in [0.15, 0.2) is 0 Å². The lowest BCUT2D eigenvalue weighted by Gasteiger charge is -2.22. The molecule has 1 heterocycles. The molecule has 1 aliphatic rings. The summed E-state index contributed by atoms with van der Waals surface area (Å²) in [5.41, 5.74) is 0. The molecule has 1 fully saturated rings. The van der Waals surface area contributed by atoms with Crippen molar-refractivity contribution >= 4 is 17.7 Å². The van der Waals surface area contributed by atoms with Crippen LogP contribution in [0.3, 0.4) is 0 Å². The number of methoxy groups -OCH3 is 1. The number of thioether (sulfide) groups is 1. The maximum Gasteiger partial charge on any atom is 0.238 e. The van der Waals surface area contributed by atoms with E-state index in [0.717, 1.165) is 18.1 Å². The summed E-state index contributed by atoms with van der Waals surface area (Å²) < 4.78 is 4.76. The number of aliphatic hydroxyl groups excluding tert-OH is 1. The van der Waals surface area contributed by atoms with Crippen LogP contribution in [0.25, 0.3) is 0 Å². The first-order valence-corrected chi connectivity index (χ1v) is 6.15. The number of hydrogen-bond donors (Lipinski definition) is 3. The number of amides is 1. The maximum absolute atomic E-state index is 11.6. The van der Waals surface area contributed by atoms with Crippen molar-refractivity contribution in [2.24, 2.45) is 0 Å². The molecular weight excluding hydrogens is 216 g/mol. The quantitative estimate of drug-likeness (QED) is 0.558. The molecule has 0 aromatic heterocycles. The smallest absolute Gasteiger partial charge is 0.238 e. The van der Waals surface area contributed by atoms with Gasteiger partial charge in [-0.2, -0.15) is 11.8 Å². The van der Waals surface area contributed by atoms with Gasteiger partial charge in [-0.05, 0) is 0 Å². The largest absolute Gasteiger partial charge is 0.389 e. The summed E-state index contributed by atoms with van der Waals surface area (Å²) in [6.45, 7) is 1.35. The fourth-order valence-electron chi connectivity index (χ4n) is 1.33. The van der Waals surface area contributed by atoms with Crippen LogP contribution in [-0.2, 0) is 9.53 Å². The molecule has 5 nitrogen and oxygen atoms in total. The van der Waals surface area contributed by atoms with Gasteiger partial charge < -0.3 is 20.5 Å². The molecule has 0 bridgehead atoms. The Hall–Kier alpha value is -0.300. The molecule has 0 saturated carbocycles. The first-order valence-electron chi connectivity index (χ1n) is 5.00. The third-order valence-corrected chi connectivity index (χ3v) is 3.17. The molecule has 1 saturated heterocycles. The van der Waals surface area contributed by atoms with Crippen molar-refractivity contribution in [2.45, 2.75) is 12.1 Å². The van der Waals surface area contributed by atoms with Gasteiger partial charge in [-0.1, -0.05) is 0 Å². The van der Waals surface area contributed by atoms with Crippen LogP contribution in [-0.4, -0.2) is 61.5 Å². The Morgan fingerprint density at radius 1 is 1.80 bits per heavy atom. The fourth-order valence-corrected chi connectivity index (χ4v) is 2.26. The van der Waals surface area contributed by atoms with Gasteiger partial charge in [0.25, 0.3) is 0 Å². The topological polar surface area (TPSA) is 70.6 Å². The predicted octanol–water partition coefficient (Wildman–Crippen LogP) is -1.19. The summed E-state index contributed by atoms with van der Waals surface area (Å²) in [4.78, 5) is 11.6. The van der Waals surface area contributed by atoms with Crippen molar-refractivity contribution in [3.8, 4) is 0 Å². The van der Waals surface area contributed by atoms with Crippen molar-refractivity contribution in [3.05, 3.63) is 0 Å². The SMILES string of the molecule is COCC(O)CNC(=O)C1CSCCN1. The molecular formula is C9H18N2O3S. The first kappa shape index (κ1) is 12.8. The molecule has 6 heteroatoms. The van der Waals surface area contributed by atoms with Gasteiger partial charge in [0.1, 0.15) is 0 Å². The van der Waals surface area contributed by atoms with Crippen molar-refractivity contribution in [2.75, 3.05) is 38.3 Å². The van der Waals surface area contributed by atoms with Crippen LogP contribution in [0.2, 0.25) is 0 Å². The molecule has 2 unspecified atom stereocenters.